The number of primary sulfonamides is 1. The van der Waals surface area contributed by atoms with Gasteiger partial charge < -0.3 is 19.2 Å². The molecule has 3 N–H and O–H groups in total. The van der Waals surface area contributed by atoms with E-state index in [4.69, 9.17) is 25.9 Å². The molecule has 1 spiro atoms. The van der Waals surface area contributed by atoms with E-state index in [1.54, 1.807) is 12.1 Å². The first-order valence-corrected chi connectivity index (χ1v) is 22.6. The van der Waals surface area contributed by atoms with Crippen LogP contribution in [0.5, 0.6) is 5.75 Å². The summed E-state index contributed by atoms with van der Waals surface area (Å²) in [6.07, 6.45) is 7.94. The van der Waals surface area contributed by atoms with Gasteiger partial charge in [-0.15, -0.1) is 0 Å². The Balaban J connectivity index is 1.35. The minimum atomic E-state index is -3.63. The van der Waals surface area contributed by atoms with Crippen LogP contribution in [0.15, 0.2) is 36.4 Å². The standard InChI is InChI=1S/C37H53ClN2O6SSi/c1-36(2,3)48(4,5)46-34(25-8-6-10-29(19-25)47(39,43)44)30-14-11-27(30)21-40-22-37(17-7-9-24-18-28(38)13-15-31(24)37)23-45-33-16-12-26(35(41)42)20-32(33)40/h12-13,15-16,18,20,25,27,29-30,34H,6-11,14,17,19,21-23H2,1-5H3,(H,41,42)(H2,39,43,44)/t25-,27+,29+,30-,34-,37+/m1/s1. The summed E-state index contributed by atoms with van der Waals surface area (Å²) >= 11 is 6.45. The number of rotatable bonds is 8. The zero-order chi connectivity index (χ0) is 34.6. The van der Waals surface area contributed by atoms with Crippen molar-refractivity contribution in [2.24, 2.45) is 22.9 Å². The molecule has 0 saturated heterocycles. The van der Waals surface area contributed by atoms with Gasteiger partial charge in [0.25, 0.3) is 0 Å². The molecule has 6 atom stereocenters. The number of halogens is 1. The van der Waals surface area contributed by atoms with Gasteiger partial charge in [0.2, 0.25) is 10.0 Å². The number of fused-ring (bicyclic) bond motifs is 3. The van der Waals surface area contributed by atoms with Gasteiger partial charge in [0, 0.05) is 23.5 Å². The summed E-state index contributed by atoms with van der Waals surface area (Å²) in [5, 5.41) is 15.9. The first kappa shape index (κ1) is 35.7. The smallest absolute Gasteiger partial charge is 0.335 e. The third-order valence-electron chi connectivity index (χ3n) is 12.5. The molecular formula is C37H53ClN2O6SSi. The Labute approximate surface area is 292 Å². The third-order valence-corrected chi connectivity index (χ3v) is 18.5. The van der Waals surface area contributed by atoms with Crippen molar-refractivity contribution in [1.82, 2.24) is 0 Å². The lowest BCUT2D eigenvalue weighted by molar-refractivity contribution is -0.0227. The van der Waals surface area contributed by atoms with Crippen molar-refractivity contribution in [3.8, 4) is 5.75 Å². The molecule has 2 fully saturated rings. The zero-order valence-corrected chi connectivity index (χ0v) is 31.7. The number of carboxylic acid groups (broad SMARTS) is 1. The molecule has 11 heteroatoms. The molecule has 2 aromatic rings. The number of hydrogen-bond acceptors (Lipinski definition) is 6. The number of ether oxygens (including phenoxy) is 1. The van der Waals surface area contributed by atoms with Crippen LogP contribution in [-0.2, 0) is 26.3 Å². The molecule has 264 valence electrons. The molecule has 0 aromatic heterocycles. The molecule has 0 radical (unpaired) electrons. The molecule has 6 rings (SSSR count). The van der Waals surface area contributed by atoms with E-state index in [1.165, 1.54) is 11.1 Å². The fourth-order valence-electron chi connectivity index (χ4n) is 8.61. The van der Waals surface area contributed by atoms with Crippen molar-refractivity contribution in [2.45, 2.75) is 113 Å². The van der Waals surface area contributed by atoms with E-state index < -0.39 is 29.6 Å². The highest BCUT2D eigenvalue weighted by molar-refractivity contribution is 7.89. The Morgan fingerprint density at radius 2 is 1.92 bits per heavy atom. The molecule has 0 unspecified atom stereocenters. The molecular weight excluding hydrogens is 664 g/mol. The highest BCUT2D eigenvalue weighted by atomic mass is 35.5. The first-order valence-electron chi connectivity index (χ1n) is 17.7. The van der Waals surface area contributed by atoms with Gasteiger partial charge >= 0.3 is 5.97 Å². The van der Waals surface area contributed by atoms with Crippen molar-refractivity contribution < 1.29 is 27.5 Å². The second-order valence-corrected chi connectivity index (χ2v) is 23.6. The van der Waals surface area contributed by atoms with Crippen LogP contribution in [0.2, 0.25) is 23.2 Å². The van der Waals surface area contributed by atoms with E-state index in [9.17, 15) is 18.3 Å². The molecule has 1 aliphatic heterocycles. The van der Waals surface area contributed by atoms with Crippen molar-refractivity contribution >= 4 is 41.6 Å². The molecule has 1 heterocycles. The number of carboxylic acids is 1. The lowest BCUT2D eigenvalue weighted by Gasteiger charge is -2.52. The first-order chi connectivity index (χ1) is 22.5. The number of aromatic carboxylic acids is 1. The van der Waals surface area contributed by atoms with Crippen LogP contribution in [0.25, 0.3) is 0 Å². The Morgan fingerprint density at radius 3 is 2.58 bits per heavy atom. The van der Waals surface area contributed by atoms with Gasteiger partial charge in [-0.2, -0.15) is 0 Å². The maximum atomic E-state index is 12.5. The van der Waals surface area contributed by atoms with E-state index in [2.05, 4.69) is 50.9 Å². The Hall–Kier alpha value is -2.11. The van der Waals surface area contributed by atoms with Gasteiger partial charge in [-0.1, -0.05) is 44.9 Å². The predicted octanol–water partition coefficient (Wildman–Crippen LogP) is 7.78. The Bertz CT molecular complexity index is 1640. The number of benzene rings is 2. The highest BCUT2D eigenvalue weighted by Gasteiger charge is 2.50. The summed E-state index contributed by atoms with van der Waals surface area (Å²) in [7, 11) is -5.83. The second kappa shape index (κ2) is 13.2. The van der Waals surface area contributed by atoms with E-state index >= 15 is 0 Å². The third kappa shape index (κ3) is 7.07. The van der Waals surface area contributed by atoms with Crippen LogP contribution in [-0.4, -0.2) is 58.9 Å². The average Bonchev–Trinajstić information content (AvgIpc) is 3.14. The number of nitrogens with zero attached hydrogens (tertiary/aromatic N) is 1. The molecule has 4 aliphatic rings. The van der Waals surface area contributed by atoms with Crippen LogP contribution >= 0.6 is 11.6 Å². The second-order valence-electron chi connectivity index (χ2n) is 16.6. The summed E-state index contributed by atoms with van der Waals surface area (Å²) in [5.74, 6) is 0.460. The van der Waals surface area contributed by atoms with Gasteiger partial charge in [-0.3, -0.25) is 0 Å². The van der Waals surface area contributed by atoms with Crippen molar-refractivity contribution in [1.29, 1.82) is 0 Å². The number of aryl methyl sites for hydroxylation is 1. The monoisotopic (exact) mass is 716 g/mol. The molecule has 0 bridgehead atoms. The van der Waals surface area contributed by atoms with E-state index in [1.807, 2.05) is 12.1 Å². The van der Waals surface area contributed by atoms with Crippen LogP contribution in [0, 0.1) is 17.8 Å². The van der Waals surface area contributed by atoms with Crippen molar-refractivity contribution in [3.05, 3.63) is 58.1 Å². The topological polar surface area (TPSA) is 119 Å². The maximum absolute atomic E-state index is 12.5. The molecule has 3 aliphatic carbocycles. The fourth-order valence-corrected chi connectivity index (χ4v) is 11.2. The molecule has 48 heavy (non-hydrogen) atoms. The van der Waals surface area contributed by atoms with Crippen LogP contribution in [0.4, 0.5) is 5.69 Å². The van der Waals surface area contributed by atoms with Crippen molar-refractivity contribution in [3.63, 3.8) is 0 Å². The van der Waals surface area contributed by atoms with E-state index in [-0.39, 0.29) is 34.0 Å². The fraction of sp³-hybridized carbons (Fsp3) is 0.649. The van der Waals surface area contributed by atoms with E-state index in [0.29, 0.717) is 37.7 Å². The van der Waals surface area contributed by atoms with Gasteiger partial charge in [0.1, 0.15) is 5.75 Å². The number of sulfonamides is 1. The number of anilines is 1. The number of carbonyl (C=O) groups is 1. The van der Waals surface area contributed by atoms with Gasteiger partial charge in [-0.05, 0) is 129 Å². The number of hydrogen-bond donors (Lipinski definition) is 2. The summed E-state index contributed by atoms with van der Waals surface area (Å²) in [6, 6.07) is 11.4. The van der Waals surface area contributed by atoms with Crippen LogP contribution < -0.4 is 14.8 Å². The zero-order valence-electron chi connectivity index (χ0n) is 29.1. The maximum Gasteiger partial charge on any atom is 0.335 e. The molecule has 8 nitrogen and oxygen atoms in total. The molecule has 2 saturated carbocycles. The lowest BCUT2D eigenvalue weighted by atomic mass is 9.65. The molecule has 2 aromatic carbocycles. The van der Waals surface area contributed by atoms with E-state index in [0.717, 1.165) is 62.2 Å². The quantitative estimate of drug-likeness (QED) is 0.268. The van der Waals surface area contributed by atoms with Gasteiger partial charge in [0.05, 0.1) is 29.2 Å². The predicted molar refractivity (Wildman–Crippen MR) is 194 cm³/mol. The normalized spacial score (nSPS) is 28.4. The summed E-state index contributed by atoms with van der Waals surface area (Å²) in [6.45, 7) is 13.3. The summed E-state index contributed by atoms with van der Waals surface area (Å²) in [5.41, 5.74) is 3.35. The van der Waals surface area contributed by atoms with Crippen LogP contribution in [0.1, 0.15) is 93.6 Å². The van der Waals surface area contributed by atoms with Crippen LogP contribution in [0.3, 0.4) is 0 Å². The molecule has 0 amide bonds. The summed E-state index contributed by atoms with van der Waals surface area (Å²) in [4.78, 5) is 14.5. The minimum absolute atomic E-state index is 0.0104. The SMILES string of the molecule is CC(C)(C)[Si](C)(C)O[C@H]([C@@H]1CCC[C@H](S(N)(=O)=O)C1)[C@@H]1CC[C@H]1CN1C[C@@]2(CCCc3cc(Cl)ccc32)COc2ccc(C(=O)O)cc21. The highest BCUT2D eigenvalue weighted by Crippen LogP contribution is 2.50. The number of nitrogens with two attached hydrogens (primary N) is 1. The largest absolute Gasteiger partial charge is 0.490 e. The van der Waals surface area contributed by atoms with Gasteiger partial charge in [-0.25, -0.2) is 18.4 Å². The Morgan fingerprint density at radius 1 is 1.15 bits per heavy atom. The minimum Gasteiger partial charge on any atom is -0.490 e. The summed E-state index contributed by atoms with van der Waals surface area (Å²) < 4.78 is 39.0. The van der Waals surface area contributed by atoms with Crippen molar-refractivity contribution in [2.75, 3.05) is 24.6 Å². The average molecular weight is 717 g/mol. The Kier molecular flexibility index (Phi) is 9.83. The van der Waals surface area contributed by atoms with Gasteiger partial charge in [0.15, 0.2) is 8.32 Å². The lowest BCUT2D eigenvalue weighted by Crippen LogP contribution is -2.55.